The Balaban J connectivity index is 0.00000220. The summed E-state index contributed by atoms with van der Waals surface area (Å²) in [5.41, 5.74) is 0.575. The van der Waals surface area contributed by atoms with Gasteiger partial charge in [0.15, 0.2) is 0 Å². The standard InChI is InChI=1S/C12H17F3N4O.ClH/c1-7(2)18-5-9(6-18)19(11(20)12(13,14)15)10-4-16-17-8(10)3;/h4,7,9H,5-6H2,1-3H3,(H,16,17);1H. The van der Waals surface area contributed by atoms with Gasteiger partial charge in [0.1, 0.15) is 0 Å². The molecule has 0 spiro atoms. The minimum atomic E-state index is -4.89. The van der Waals surface area contributed by atoms with Crippen LogP contribution < -0.4 is 4.90 Å². The number of halogens is 4. The summed E-state index contributed by atoms with van der Waals surface area (Å²) < 4.78 is 38.3. The van der Waals surface area contributed by atoms with Crippen molar-refractivity contribution in [1.82, 2.24) is 15.1 Å². The highest BCUT2D eigenvalue weighted by Crippen LogP contribution is 2.30. The lowest BCUT2D eigenvalue weighted by molar-refractivity contribution is -0.171. The number of H-pyrrole nitrogens is 1. The molecule has 0 aromatic carbocycles. The number of carbonyl (C=O) groups is 1. The molecular formula is C12H18ClF3N4O. The Morgan fingerprint density at radius 1 is 1.48 bits per heavy atom. The fourth-order valence-electron chi connectivity index (χ4n) is 2.28. The Kier molecular flexibility index (Phi) is 5.27. The van der Waals surface area contributed by atoms with E-state index in [1.54, 1.807) is 6.92 Å². The molecule has 0 bridgehead atoms. The number of aromatic nitrogens is 2. The molecule has 0 aliphatic carbocycles. The molecule has 0 unspecified atom stereocenters. The zero-order valence-corrected chi connectivity index (χ0v) is 12.8. The van der Waals surface area contributed by atoms with Crippen molar-refractivity contribution in [3.8, 4) is 0 Å². The van der Waals surface area contributed by atoms with E-state index in [-0.39, 0.29) is 24.1 Å². The number of rotatable bonds is 3. The number of aryl methyl sites for hydroxylation is 1. The summed E-state index contributed by atoms with van der Waals surface area (Å²) >= 11 is 0. The van der Waals surface area contributed by atoms with Crippen molar-refractivity contribution < 1.29 is 18.0 Å². The second kappa shape index (κ2) is 6.23. The van der Waals surface area contributed by atoms with E-state index in [1.807, 2.05) is 18.7 Å². The first-order valence-corrected chi connectivity index (χ1v) is 6.36. The second-order valence-corrected chi connectivity index (χ2v) is 5.23. The Bertz CT molecular complexity index is 497. The quantitative estimate of drug-likeness (QED) is 0.926. The summed E-state index contributed by atoms with van der Waals surface area (Å²) in [5.74, 6) is -1.84. The third kappa shape index (κ3) is 3.49. The van der Waals surface area contributed by atoms with Gasteiger partial charge in [-0.3, -0.25) is 19.7 Å². The molecule has 1 amide bonds. The van der Waals surface area contributed by atoms with Crippen molar-refractivity contribution in [2.24, 2.45) is 0 Å². The van der Waals surface area contributed by atoms with Crippen molar-refractivity contribution in [3.63, 3.8) is 0 Å². The van der Waals surface area contributed by atoms with Crippen LogP contribution in [-0.4, -0.2) is 52.4 Å². The summed E-state index contributed by atoms with van der Waals surface area (Å²) in [7, 11) is 0. The van der Waals surface area contributed by atoms with Gasteiger partial charge < -0.3 is 0 Å². The highest BCUT2D eigenvalue weighted by atomic mass is 35.5. The van der Waals surface area contributed by atoms with Gasteiger partial charge in [-0.25, -0.2) is 0 Å². The van der Waals surface area contributed by atoms with Crippen LogP contribution in [0.3, 0.4) is 0 Å². The van der Waals surface area contributed by atoms with Gasteiger partial charge in [0.25, 0.3) is 0 Å². The number of hydrogen-bond donors (Lipinski definition) is 1. The molecule has 9 heteroatoms. The molecule has 2 rings (SSSR count). The molecular weight excluding hydrogens is 309 g/mol. The van der Waals surface area contributed by atoms with E-state index >= 15 is 0 Å². The number of carbonyl (C=O) groups excluding carboxylic acids is 1. The van der Waals surface area contributed by atoms with Crippen LogP contribution in [0.4, 0.5) is 18.9 Å². The molecule has 0 radical (unpaired) electrons. The van der Waals surface area contributed by atoms with Gasteiger partial charge in [-0.2, -0.15) is 18.3 Å². The lowest BCUT2D eigenvalue weighted by Gasteiger charge is -2.47. The van der Waals surface area contributed by atoms with Crippen LogP contribution in [0.25, 0.3) is 0 Å². The Hall–Kier alpha value is -1.28. The highest BCUT2D eigenvalue weighted by molar-refractivity contribution is 5.98. The predicted octanol–water partition coefficient (Wildman–Crippen LogP) is 2.13. The second-order valence-electron chi connectivity index (χ2n) is 5.23. The normalized spacial score (nSPS) is 16.5. The van der Waals surface area contributed by atoms with Gasteiger partial charge in [-0.05, 0) is 20.8 Å². The molecule has 1 aromatic rings. The number of alkyl halides is 3. The maximum Gasteiger partial charge on any atom is 0.471 e. The molecule has 1 aliphatic rings. The van der Waals surface area contributed by atoms with Gasteiger partial charge in [0.2, 0.25) is 0 Å². The maximum absolute atomic E-state index is 12.8. The molecule has 0 saturated carbocycles. The first kappa shape index (κ1) is 17.8. The van der Waals surface area contributed by atoms with Crippen LogP contribution in [0.15, 0.2) is 6.20 Å². The summed E-state index contributed by atoms with van der Waals surface area (Å²) in [6, 6.07) is -0.220. The fourth-order valence-corrected chi connectivity index (χ4v) is 2.28. The summed E-state index contributed by atoms with van der Waals surface area (Å²) in [5, 5.41) is 6.29. The van der Waals surface area contributed by atoms with Gasteiger partial charge in [-0.15, -0.1) is 12.4 Å². The third-order valence-corrected chi connectivity index (χ3v) is 3.51. The zero-order valence-electron chi connectivity index (χ0n) is 11.9. The molecule has 5 nitrogen and oxygen atoms in total. The Morgan fingerprint density at radius 3 is 2.43 bits per heavy atom. The monoisotopic (exact) mass is 326 g/mol. The summed E-state index contributed by atoms with van der Waals surface area (Å²) in [6.07, 6.45) is -3.56. The Morgan fingerprint density at radius 2 is 2.05 bits per heavy atom. The molecule has 1 aromatic heterocycles. The first-order valence-electron chi connectivity index (χ1n) is 6.36. The number of aromatic amines is 1. The van der Waals surface area contributed by atoms with Gasteiger partial charge in [0, 0.05) is 25.3 Å². The average molecular weight is 327 g/mol. The van der Waals surface area contributed by atoms with Crippen LogP contribution in [0.1, 0.15) is 19.5 Å². The van der Waals surface area contributed by atoms with Crippen molar-refractivity contribution in [3.05, 3.63) is 11.9 Å². The zero-order chi connectivity index (χ0) is 15.1. The number of amides is 1. The topological polar surface area (TPSA) is 52.2 Å². The number of likely N-dealkylation sites (tertiary alicyclic amines) is 1. The number of nitrogens with one attached hydrogen (secondary N) is 1. The van der Waals surface area contributed by atoms with Crippen LogP contribution in [0.2, 0.25) is 0 Å². The van der Waals surface area contributed by atoms with Crippen LogP contribution in [-0.2, 0) is 4.79 Å². The van der Waals surface area contributed by atoms with Crippen molar-refractivity contribution in [1.29, 1.82) is 0 Å². The SMILES string of the molecule is Cc1n[nH]cc1N(C(=O)C(F)(F)F)C1CN(C(C)C)C1.Cl. The maximum atomic E-state index is 12.8. The highest BCUT2D eigenvalue weighted by Gasteiger charge is 2.48. The molecule has 1 aliphatic heterocycles. The molecule has 120 valence electrons. The smallest absolute Gasteiger partial charge is 0.297 e. The minimum absolute atomic E-state index is 0. The summed E-state index contributed by atoms with van der Waals surface area (Å²) in [6.45, 7) is 6.38. The van der Waals surface area contributed by atoms with Gasteiger partial charge in [0.05, 0.1) is 17.4 Å². The van der Waals surface area contributed by atoms with Gasteiger partial charge in [-0.1, -0.05) is 0 Å². The van der Waals surface area contributed by atoms with Crippen LogP contribution in [0, 0.1) is 6.92 Å². The molecule has 21 heavy (non-hydrogen) atoms. The van der Waals surface area contributed by atoms with E-state index in [1.165, 1.54) is 6.20 Å². The van der Waals surface area contributed by atoms with E-state index in [4.69, 9.17) is 0 Å². The van der Waals surface area contributed by atoms with Crippen LogP contribution >= 0.6 is 12.4 Å². The summed E-state index contributed by atoms with van der Waals surface area (Å²) in [4.78, 5) is 14.5. The van der Waals surface area contributed by atoms with E-state index in [2.05, 4.69) is 10.2 Å². The molecule has 1 saturated heterocycles. The van der Waals surface area contributed by atoms with Crippen LogP contribution in [0.5, 0.6) is 0 Å². The molecule has 1 fully saturated rings. The molecule has 1 N–H and O–H groups in total. The number of hydrogen-bond acceptors (Lipinski definition) is 3. The average Bonchev–Trinajstić information content (AvgIpc) is 2.66. The van der Waals surface area contributed by atoms with Crippen molar-refractivity contribution in [2.45, 2.75) is 39.0 Å². The molecule has 0 atom stereocenters. The number of anilines is 1. The molecule has 2 heterocycles. The fraction of sp³-hybridized carbons (Fsp3) is 0.667. The third-order valence-electron chi connectivity index (χ3n) is 3.51. The Labute approximate surface area is 126 Å². The van der Waals surface area contributed by atoms with E-state index in [0.717, 1.165) is 4.90 Å². The number of nitrogens with zero attached hydrogens (tertiary/aromatic N) is 3. The van der Waals surface area contributed by atoms with Crippen molar-refractivity contribution in [2.75, 3.05) is 18.0 Å². The van der Waals surface area contributed by atoms with Crippen molar-refractivity contribution >= 4 is 24.0 Å². The first-order chi connectivity index (χ1) is 9.21. The largest absolute Gasteiger partial charge is 0.471 e. The van der Waals surface area contributed by atoms with Gasteiger partial charge >= 0.3 is 12.1 Å². The lowest BCUT2D eigenvalue weighted by atomic mass is 10.0. The van der Waals surface area contributed by atoms with E-state index in [9.17, 15) is 18.0 Å². The lowest BCUT2D eigenvalue weighted by Crippen LogP contribution is -2.64. The minimum Gasteiger partial charge on any atom is -0.297 e. The van der Waals surface area contributed by atoms with E-state index in [0.29, 0.717) is 18.8 Å². The predicted molar refractivity (Wildman–Crippen MR) is 74.6 cm³/mol. The van der Waals surface area contributed by atoms with E-state index < -0.39 is 18.1 Å².